The number of carboxylic acids is 1. The maximum atomic E-state index is 13.2. The van der Waals surface area contributed by atoms with Gasteiger partial charge in [-0.3, -0.25) is 4.79 Å². The Bertz CT molecular complexity index is 2070. The van der Waals surface area contributed by atoms with Crippen LogP contribution >= 0.6 is 0 Å². The first kappa shape index (κ1) is 58.2. The number of carbonyl (C=O) groups is 2. The molecule has 3 heterocycles. The zero-order valence-electron chi connectivity index (χ0n) is 44.2. The third kappa shape index (κ3) is 8.76. The van der Waals surface area contributed by atoms with Gasteiger partial charge in [0.25, 0.3) is 0 Å². The summed E-state index contributed by atoms with van der Waals surface area (Å²) in [4.78, 5) is 26.1. The third-order valence-electron chi connectivity index (χ3n) is 21.3. The van der Waals surface area contributed by atoms with Crippen LogP contribution in [-0.4, -0.2) is 208 Å². The monoisotopic (exact) mass is 1060 g/mol. The predicted octanol–water partition coefficient (Wildman–Crippen LogP) is -0.511. The van der Waals surface area contributed by atoms with Crippen LogP contribution in [0.5, 0.6) is 0 Å². The summed E-state index contributed by atoms with van der Waals surface area (Å²) >= 11 is 0. The summed E-state index contributed by atoms with van der Waals surface area (Å²) in [7, 11) is 0. The van der Waals surface area contributed by atoms with Gasteiger partial charge in [-0.25, -0.2) is 4.79 Å². The molecule has 21 heteroatoms. The summed E-state index contributed by atoms with van der Waals surface area (Å²) in [5.41, 5.74) is -4.13. The number of aliphatic hydroxyl groups excluding tert-OH is 12. The van der Waals surface area contributed by atoms with Crippen LogP contribution < -0.4 is 0 Å². The average molecular weight is 1060 g/mol. The standard InChI is InChI=1S/C53H86O21/c1-10-22(2)45(68)74-43-42(65)53(21-55)25(18-48(43,3)4)24-11-12-30-50(7)15-13-23(49(5,6)29(50)14-16-51(30,8)52(24,9)40(63)41(53)64)17-27-37(72-47-35(61)33(59)32(58)28(19-54)71-47)38(36(62)39(70-27)44(66)67)73-46-34(60)31(57)26(56)20-69-46/h11,22-23,25-43,46-47,54-65H,10,12-21H2,1-9H3,(H,66,67)/t22-,23-,25+,26-,27+,28-,29+,30-,31-,32-,33+,34+,35-,36+,37+,38+,39+,40+,41-,42+,43+,46-,47+,50+,51-,52+,53+/m1/s1. The molecule has 3 saturated heterocycles. The Morgan fingerprint density at radius 2 is 1.39 bits per heavy atom. The third-order valence-corrected chi connectivity index (χ3v) is 21.3. The van der Waals surface area contributed by atoms with Gasteiger partial charge in [0.15, 0.2) is 18.7 Å². The van der Waals surface area contributed by atoms with E-state index in [0.717, 1.165) is 5.57 Å². The van der Waals surface area contributed by atoms with Gasteiger partial charge in [0, 0.05) is 10.8 Å². The molecule has 8 rings (SSSR count). The normalized spacial score (nSPS) is 52.3. The highest BCUT2D eigenvalue weighted by atomic mass is 16.7. The second-order valence-corrected chi connectivity index (χ2v) is 25.5. The first-order valence-electron chi connectivity index (χ1n) is 26.9. The van der Waals surface area contributed by atoms with Crippen molar-refractivity contribution in [2.45, 2.75) is 224 Å². The minimum absolute atomic E-state index is 0.00368. The summed E-state index contributed by atoms with van der Waals surface area (Å²) in [6, 6.07) is 0. The molecule has 0 bridgehead atoms. The van der Waals surface area contributed by atoms with Crippen molar-refractivity contribution in [1.29, 1.82) is 0 Å². The van der Waals surface area contributed by atoms with Crippen molar-refractivity contribution in [3.8, 4) is 0 Å². The Labute approximate surface area is 432 Å². The molecule has 424 valence electrons. The maximum absolute atomic E-state index is 13.2. The summed E-state index contributed by atoms with van der Waals surface area (Å²) in [5.74, 6) is -3.35. The van der Waals surface area contributed by atoms with Crippen molar-refractivity contribution < 1.29 is 104 Å². The van der Waals surface area contributed by atoms with Crippen molar-refractivity contribution >= 4 is 11.9 Å². The van der Waals surface area contributed by atoms with Gasteiger partial charge in [0.05, 0.1) is 49.5 Å². The molecule has 21 nitrogen and oxygen atoms in total. The van der Waals surface area contributed by atoms with E-state index in [0.29, 0.717) is 44.9 Å². The number of hydrogen-bond donors (Lipinski definition) is 13. The second kappa shape index (κ2) is 20.6. The van der Waals surface area contributed by atoms with Crippen LogP contribution in [0.4, 0.5) is 0 Å². The van der Waals surface area contributed by atoms with E-state index in [1.54, 1.807) is 6.92 Å². The van der Waals surface area contributed by atoms with Crippen molar-refractivity contribution in [3.63, 3.8) is 0 Å². The fraction of sp³-hybridized carbons (Fsp3) is 0.925. The van der Waals surface area contributed by atoms with Gasteiger partial charge in [-0.05, 0) is 91.3 Å². The molecular formula is C53H86O21. The van der Waals surface area contributed by atoms with E-state index < -0.39 is 181 Å². The van der Waals surface area contributed by atoms with Gasteiger partial charge in [-0.15, -0.1) is 0 Å². The molecular weight excluding hydrogens is 973 g/mol. The zero-order valence-corrected chi connectivity index (χ0v) is 44.2. The van der Waals surface area contributed by atoms with Gasteiger partial charge in [0.1, 0.15) is 73.2 Å². The Kier molecular flexibility index (Phi) is 16.2. The lowest BCUT2D eigenvalue weighted by molar-refractivity contribution is -0.363. The Morgan fingerprint density at radius 3 is 2.01 bits per heavy atom. The highest BCUT2D eigenvalue weighted by Gasteiger charge is 2.75. The van der Waals surface area contributed by atoms with E-state index in [1.807, 2.05) is 27.7 Å². The second-order valence-electron chi connectivity index (χ2n) is 25.5. The van der Waals surface area contributed by atoms with Crippen LogP contribution in [-0.2, 0) is 38.0 Å². The summed E-state index contributed by atoms with van der Waals surface area (Å²) in [6.07, 6.45) is -23.5. The molecule has 0 unspecified atom stereocenters. The lowest BCUT2D eigenvalue weighted by Crippen LogP contribution is -2.76. The van der Waals surface area contributed by atoms with E-state index >= 15 is 0 Å². The fourth-order valence-corrected chi connectivity index (χ4v) is 16.4. The molecule has 8 aliphatic rings. The van der Waals surface area contributed by atoms with E-state index in [9.17, 15) is 76.0 Å². The van der Waals surface area contributed by atoms with E-state index in [2.05, 4.69) is 33.8 Å². The van der Waals surface area contributed by atoms with Crippen LogP contribution in [0, 0.1) is 62.1 Å². The topological polar surface area (TPSA) is 353 Å². The van der Waals surface area contributed by atoms with Gasteiger partial charge in [-0.1, -0.05) is 74.0 Å². The molecule has 0 spiro atoms. The molecule has 4 saturated carbocycles. The van der Waals surface area contributed by atoms with Gasteiger partial charge in [0.2, 0.25) is 0 Å². The fourth-order valence-electron chi connectivity index (χ4n) is 16.4. The van der Waals surface area contributed by atoms with Gasteiger partial charge < -0.3 is 94.8 Å². The Balaban J connectivity index is 1.11. The maximum Gasteiger partial charge on any atom is 0.335 e. The number of aliphatic hydroxyl groups is 12. The highest BCUT2D eigenvalue weighted by Crippen LogP contribution is 2.76. The lowest BCUT2D eigenvalue weighted by Gasteiger charge is -2.73. The lowest BCUT2D eigenvalue weighted by atomic mass is 9.32. The average Bonchev–Trinajstić information content (AvgIpc) is 3.34. The molecule has 0 radical (unpaired) electrons. The molecule has 74 heavy (non-hydrogen) atoms. The number of carbonyl (C=O) groups excluding carboxylic acids is 1. The first-order chi connectivity index (χ1) is 34.5. The van der Waals surface area contributed by atoms with Crippen molar-refractivity contribution in [2.75, 3.05) is 19.8 Å². The number of fused-ring (bicyclic) bond motifs is 7. The number of allylic oxidation sites excluding steroid dienone is 1. The van der Waals surface area contributed by atoms with Crippen molar-refractivity contribution in [1.82, 2.24) is 0 Å². The largest absolute Gasteiger partial charge is 0.479 e. The van der Waals surface area contributed by atoms with Crippen LogP contribution in [0.3, 0.4) is 0 Å². The number of aliphatic carboxylic acids is 1. The van der Waals surface area contributed by atoms with E-state index in [-0.39, 0.29) is 29.6 Å². The number of carboxylic acid groups (broad SMARTS) is 1. The predicted molar refractivity (Wildman–Crippen MR) is 257 cm³/mol. The quantitative estimate of drug-likeness (QED) is 0.0865. The van der Waals surface area contributed by atoms with E-state index in [1.165, 1.54) is 0 Å². The summed E-state index contributed by atoms with van der Waals surface area (Å²) in [6.45, 7) is 16.3. The Morgan fingerprint density at radius 1 is 0.743 bits per heavy atom. The molecule has 0 amide bonds. The molecule has 7 fully saturated rings. The highest BCUT2D eigenvalue weighted by molar-refractivity contribution is 5.73. The van der Waals surface area contributed by atoms with Gasteiger partial charge in [-0.2, -0.15) is 0 Å². The van der Waals surface area contributed by atoms with Crippen molar-refractivity contribution in [2.24, 2.45) is 62.1 Å². The Hall–Kier alpha value is -2.00. The smallest absolute Gasteiger partial charge is 0.335 e. The van der Waals surface area contributed by atoms with E-state index in [4.69, 9.17) is 28.4 Å². The van der Waals surface area contributed by atoms with Gasteiger partial charge >= 0.3 is 11.9 Å². The van der Waals surface area contributed by atoms with Crippen molar-refractivity contribution in [3.05, 3.63) is 11.6 Å². The molecule has 0 aromatic heterocycles. The van der Waals surface area contributed by atoms with Crippen LogP contribution in [0.2, 0.25) is 0 Å². The minimum atomic E-state index is -2.03. The van der Waals surface area contributed by atoms with Crippen LogP contribution in [0.15, 0.2) is 11.6 Å². The molecule has 13 N–H and O–H groups in total. The number of esters is 1. The van der Waals surface area contributed by atoms with Crippen LogP contribution in [0.1, 0.15) is 114 Å². The first-order valence-corrected chi connectivity index (χ1v) is 26.9. The number of ether oxygens (including phenoxy) is 6. The minimum Gasteiger partial charge on any atom is -0.479 e. The van der Waals surface area contributed by atoms with Crippen LogP contribution in [0.25, 0.3) is 0 Å². The summed E-state index contributed by atoms with van der Waals surface area (Å²) in [5, 5.41) is 145. The number of hydrogen-bond acceptors (Lipinski definition) is 20. The molecule has 5 aliphatic carbocycles. The zero-order chi connectivity index (χ0) is 54.7. The molecule has 0 aromatic rings. The molecule has 3 aliphatic heterocycles. The SMILES string of the molecule is CC[C@@H](C)C(=O)O[C@H]1[C@H](O)[C@]2(CO)[C@H](O)[C@H](O)[C@]3(C)C(=CC[C@@H]4[C@@]5(C)CC[C@H](C[C@@H]6O[C@H](C(=O)O)[C@@H](O)[C@H](O[C@H]7OC[C@@H](O)[C@@H](O)[C@@H]7O)[C@H]6O[C@@H]6O[C@H](CO)[C@@H](O)[C@H](O)[C@H]6O)C(C)(C)[C@@H]5CC[C@]43C)[C@@H]2CC1(C)C. The molecule has 0 aromatic carbocycles. The summed E-state index contributed by atoms with van der Waals surface area (Å²) < 4.78 is 36.0. The number of rotatable bonds is 12. The molecule has 27 atom stereocenters.